The average Bonchev–Trinajstić information content (AvgIpc) is 2.52. The lowest BCUT2D eigenvalue weighted by Gasteiger charge is -2.23. The monoisotopic (exact) mass is 339 g/mol. The molecule has 3 N–H and O–H groups in total. The molecule has 25 heavy (non-hydrogen) atoms. The maximum Gasteiger partial charge on any atom is 0.243 e. The fourth-order valence-electron chi connectivity index (χ4n) is 2.53. The minimum atomic E-state index is -0.131. The van der Waals surface area contributed by atoms with E-state index in [1.54, 1.807) is 12.1 Å². The summed E-state index contributed by atoms with van der Waals surface area (Å²) in [6.07, 6.45) is 0. The largest absolute Gasteiger partial charge is 0.376 e. The van der Waals surface area contributed by atoms with Crippen LogP contribution in [0.5, 0.6) is 0 Å². The highest BCUT2D eigenvalue weighted by molar-refractivity contribution is 5.95. The van der Waals surface area contributed by atoms with Crippen molar-refractivity contribution < 1.29 is 9.59 Å². The predicted octanol–water partition coefficient (Wildman–Crippen LogP) is 3.99. The Kier molecular flexibility index (Phi) is 5.80. The molecule has 0 bridgehead atoms. The van der Waals surface area contributed by atoms with Crippen LogP contribution in [-0.2, 0) is 15.0 Å². The number of benzene rings is 2. The van der Waals surface area contributed by atoms with Gasteiger partial charge in [0.2, 0.25) is 11.8 Å². The van der Waals surface area contributed by atoms with E-state index < -0.39 is 0 Å². The summed E-state index contributed by atoms with van der Waals surface area (Å²) in [4.78, 5) is 23.4. The lowest BCUT2D eigenvalue weighted by Crippen LogP contribution is -2.24. The van der Waals surface area contributed by atoms with Crippen LogP contribution in [0.3, 0.4) is 0 Å². The van der Waals surface area contributed by atoms with E-state index in [0.717, 1.165) is 16.9 Å². The van der Waals surface area contributed by atoms with Gasteiger partial charge >= 0.3 is 0 Å². The van der Waals surface area contributed by atoms with E-state index in [2.05, 4.69) is 36.7 Å². The van der Waals surface area contributed by atoms with Crippen molar-refractivity contribution in [3.8, 4) is 0 Å². The first kappa shape index (κ1) is 18.5. The van der Waals surface area contributed by atoms with Gasteiger partial charge < -0.3 is 16.0 Å². The highest BCUT2D eigenvalue weighted by atomic mass is 16.2. The molecule has 0 aliphatic heterocycles. The van der Waals surface area contributed by atoms with Gasteiger partial charge in [-0.15, -0.1) is 0 Å². The molecule has 0 aliphatic rings. The van der Waals surface area contributed by atoms with Crippen molar-refractivity contribution in [2.75, 3.05) is 22.5 Å². The third-order valence-corrected chi connectivity index (χ3v) is 3.65. The van der Waals surface area contributed by atoms with Crippen molar-refractivity contribution >= 4 is 28.9 Å². The highest BCUT2D eigenvalue weighted by Crippen LogP contribution is 2.29. The maximum absolute atomic E-state index is 12.3. The van der Waals surface area contributed by atoms with Gasteiger partial charge in [0.05, 0.1) is 6.54 Å². The van der Waals surface area contributed by atoms with Crippen LogP contribution in [0.4, 0.5) is 17.1 Å². The molecule has 0 heterocycles. The summed E-state index contributed by atoms with van der Waals surface area (Å²) in [5.41, 5.74) is 3.33. The van der Waals surface area contributed by atoms with Gasteiger partial charge in [0.15, 0.2) is 0 Å². The Morgan fingerprint density at radius 2 is 1.60 bits per heavy atom. The second-order valence-corrected chi connectivity index (χ2v) is 6.96. The van der Waals surface area contributed by atoms with Crippen molar-refractivity contribution in [2.24, 2.45) is 0 Å². The number of hydrogen-bond acceptors (Lipinski definition) is 3. The molecule has 5 nitrogen and oxygen atoms in total. The van der Waals surface area contributed by atoms with E-state index in [0.29, 0.717) is 5.69 Å². The first-order chi connectivity index (χ1) is 11.8. The highest BCUT2D eigenvalue weighted by Gasteiger charge is 2.18. The molecule has 0 aliphatic carbocycles. The molecule has 2 aromatic rings. The van der Waals surface area contributed by atoms with Gasteiger partial charge in [0.1, 0.15) is 0 Å². The Balaban J connectivity index is 1.99. The third kappa shape index (κ3) is 5.64. The molecule has 0 spiro atoms. The number of hydrogen-bond donors (Lipinski definition) is 3. The topological polar surface area (TPSA) is 70.2 Å². The van der Waals surface area contributed by atoms with Crippen molar-refractivity contribution in [3.05, 3.63) is 54.1 Å². The number of nitrogens with one attached hydrogen (secondary N) is 3. The van der Waals surface area contributed by atoms with Crippen LogP contribution in [-0.4, -0.2) is 18.4 Å². The molecular formula is C20H25N3O2. The van der Waals surface area contributed by atoms with Crippen molar-refractivity contribution in [1.29, 1.82) is 0 Å². The maximum atomic E-state index is 12.3. The fraction of sp³-hybridized carbons (Fsp3) is 0.300. The summed E-state index contributed by atoms with van der Waals surface area (Å²) in [5, 5.41) is 8.75. The molecule has 0 fully saturated rings. The van der Waals surface area contributed by atoms with Crippen LogP contribution in [0, 0.1) is 0 Å². The third-order valence-electron chi connectivity index (χ3n) is 3.65. The number of rotatable bonds is 5. The molecule has 0 unspecified atom stereocenters. The summed E-state index contributed by atoms with van der Waals surface area (Å²) in [7, 11) is 0. The Labute approximate surface area is 148 Å². The number of amides is 2. The van der Waals surface area contributed by atoms with Crippen molar-refractivity contribution in [3.63, 3.8) is 0 Å². The number of anilines is 3. The second-order valence-electron chi connectivity index (χ2n) is 6.96. The summed E-state index contributed by atoms with van der Waals surface area (Å²) in [6, 6.07) is 15.1. The van der Waals surface area contributed by atoms with Crippen LogP contribution in [0.25, 0.3) is 0 Å². The Hall–Kier alpha value is -2.82. The molecule has 2 rings (SSSR count). The van der Waals surface area contributed by atoms with E-state index >= 15 is 0 Å². The summed E-state index contributed by atoms with van der Waals surface area (Å²) >= 11 is 0. The van der Waals surface area contributed by atoms with Gasteiger partial charge in [-0.2, -0.15) is 0 Å². The Morgan fingerprint density at radius 1 is 0.920 bits per heavy atom. The number of carbonyl (C=O) groups excluding carboxylic acids is 2. The average molecular weight is 339 g/mol. The molecule has 0 aromatic heterocycles. The van der Waals surface area contributed by atoms with E-state index in [9.17, 15) is 9.59 Å². The zero-order valence-corrected chi connectivity index (χ0v) is 15.1. The van der Waals surface area contributed by atoms with E-state index in [-0.39, 0.29) is 23.8 Å². The normalized spacial score (nSPS) is 10.9. The Morgan fingerprint density at radius 3 is 2.28 bits per heavy atom. The standard InChI is InChI=1S/C20H25N3O2/c1-14(24)22-16-9-7-8-15(12-16)21-13-19(25)23-18-11-6-5-10-17(18)20(2,3)4/h5-12,21H,13H2,1-4H3,(H,22,24)(H,23,25). The van der Waals surface area contributed by atoms with E-state index in [1.165, 1.54) is 6.92 Å². The summed E-state index contributed by atoms with van der Waals surface area (Å²) in [5.74, 6) is -0.254. The molecule has 0 atom stereocenters. The van der Waals surface area contributed by atoms with Crippen molar-refractivity contribution in [1.82, 2.24) is 0 Å². The second kappa shape index (κ2) is 7.83. The molecule has 2 amide bonds. The minimum absolute atomic E-state index is 0.0516. The zero-order valence-electron chi connectivity index (χ0n) is 15.1. The molecule has 0 radical (unpaired) electrons. The smallest absolute Gasteiger partial charge is 0.243 e. The molecule has 2 aromatic carbocycles. The SMILES string of the molecule is CC(=O)Nc1cccc(NCC(=O)Nc2ccccc2C(C)(C)C)c1. The summed E-state index contributed by atoms with van der Waals surface area (Å²) < 4.78 is 0. The molecular weight excluding hydrogens is 314 g/mol. The van der Waals surface area contributed by atoms with Gasteiger partial charge in [-0.05, 0) is 35.2 Å². The van der Waals surface area contributed by atoms with E-state index in [1.807, 2.05) is 36.4 Å². The first-order valence-electron chi connectivity index (χ1n) is 8.26. The fourth-order valence-corrected chi connectivity index (χ4v) is 2.53. The van der Waals surface area contributed by atoms with Gasteiger partial charge in [-0.1, -0.05) is 45.0 Å². The Bertz CT molecular complexity index is 764. The van der Waals surface area contributed by atoms with Crippen LogP contribution < -0.4 is 16.0 Å². The molecule has 5 heteroatoms. The molecule has 132 valence electrons. The number of para-hydroxylation sites is 1. The van der Waals surface area contributed by atoms with Gasteiger partial charge in [-0.25, -0.2) is 0 Å². The molecule has 0 saturated carbocycles. The van der Waals surface area contributed by atoms with Gasteiger partial charge in [0, 0.05) is 24.0 Å². The number of carbonyl (C=O) groups is 2. The van der Waals surface area contributed by atoms with Crippen LogP contribution in [0.1, 0.15) is 33.3 Å². The van der Waals surface area contributed by atoms with Gasteiger partial charge in [0.25, 0.3) is 0 Å². The molecule has 0 saturated heterocycles. The van der Waals surface area contributed by atoms with E-state index in [4.69, 9.17) is 0 Å². The van der Waals surface area contributed by atoms with Crippen LogP contribution in [0.2, 0.25) is 0 Å². The predicted molar refractivity (Wildman–Crippen MR) is 103 cm³/mol. The quantitative estimate of drug-likeness (QED) is 0.771. The summed E-state index contributed by atoms with van der Waals surface area (Å²) in [6.45, 7) is 7.94. The van der Waals surface area contributed by atoms with Gasteiger partial charge in [-0.3, -0.25) is 9.59 Å². The van der Waals surface area contributed by atoms with Crippen LogP contribution >= 0.6 is 0 Å². The zero-order chi connectivity index (χ0) is 18.4. The van der Waals surface area contributed by atoms with Crippen molar-refractivity contribution in [2.45, 2.75) is 33.1 Å². The minimum Gasteiger partial charge on any atom is -0.376 e. The lowest BCUT2D eigenvalue weighted by atomic mass is 9.86. The van der Waals surface area contributed by atoms with Crippen LogP contribution in [0.15, 0.2) is 48.5 Å². The lowest BCUT2D eigenvalue weighted by molar-refractivity contribution is -0.115. The first-order valence-corrected chi connectivity index (χ1v) is 8.26.